The molecule has 24 heavy (non-hydrogen) atoms. The normalized spacial score (nSPS) is 16.3. The minimum Gasteiger partial charge on any atom is -0.348 e. The van der Waals surface area contributed by atoms with E-state index < -0.39 is 31.0 Å². The quantitative estimate of drug-likeness (QED) is 0.812. The number of piperidine rings is 1. The molecule has 0 aromatic heterocycles. The number of nitrogens with one attached hydrogen (secondary N) is 1. The first kappa shape index (κ1) is 20.3. The van der Waals surface area contributed by atoms with E-state index in [1.807, 2.05) is 0 Å². The fourth-order valence-corrected chi connectivity index (χ4v) is 2.59. The second kappa shape index (κ2) is 8.94. The van der Waals surface area contributed by atoms with Gasteiger partial charge in [-0.15, -0.1) is 12.4 Å². The average molecular weight is 362 g/mol. The largest absolute Gasteiger partial charge is 0.348 e. The number of benzene rings is 1. The van der Waals surface area contributed by atoms with Crippen molar-refractivity contribution in [3.63, 3.8) is 0 Å². The summed E-state index contributed by atoms with van der Waals surface area (Å²) in [4.78, 5) is 26.1. The number of nitrogens with zero attached hydrogens (tertiary/aromatic N) is 1. The summed E-state index contributed by atoms with van der Waals surface area (Å²) < 4.78 is 26.6. The van der Waals surface area contributed by atoms with Gasteiger partial charge in [-0.1, -0.05) is 30.3 Å². The molecule has 1 aromatic rings. The Morgan fingerprint density at radius 2 is 1.96 bits per heavy atom. The Hall–Kier alpha value is -1.73. The molecule has 1 saturated heterocycles. The van der Waals surface area contributed by atoms with Crippen molar-refractivity contribution in [2.45, 2.75) is 31.2 Å². The first-order chi connectivity index (χ1) is 10.9. The number of hydrogen-bond acceptors (Lipinski definition) is 3. The van der Waals surface area contributed by atoms with Crippen molar-refractivity contribution in [3.05, 3.63) is 35.9 Å². The highest BCUT2D eigenvalue weighted by Gasteiger charge is 2.34. The third-order valence-corrected chi connectivity index (χ3v) is 3.86. The second-order valence-electron chi connectivity index (χ2n) is 5.64. The maximum Gasteiger partial charge on any atom is 0.277 e. The Morgan fingerprint density at radius 1 is 1.29 bits per heavy atom. The molecule has 1 unspecified atom stereocenters. The predicted molar refractivity (Wildman–Crippen MR) is 89.0 cm³/mol. The van der Waals surface area contributed by atoms with E-state index in [1.54, 1.807) is 30.3 Å². The lowest BCUT2D eigenvalue weighted by Crippen LogP contribution is -2.49. The maximum atomic E-state index is 13.3. The van der Waals surface area contributed by atoms with Crippen molar-refractivity contribution in [3.8, 4) is 0 Å². The molecule has 1 fully saturated rings. The molecular formula is C16H22ClF2N3O2. The van der Waals surface area contributed by atoms with Crippen molar-refractivity contribution in [2.24, 2.45) is 5.73 Å². The fraction of sp³-hybridized carbons (Fsp3) is 0.500. The van der Waals surface area contributed by atoms with E-state index >= 15 is 0 Å². The molecule has 134 valence electrons. The molecule has 2 rings (SSSR count). The average Bonchev–Trinajstić information content (AvgIpc) is 2.56. The van der Waals surface area contributed by atoms with Crippen LogP contribution in [-0.4, -0.2) is 42.3 Å². The Morgan fingerprint density at radius 3 is 2.54 bits per heavy atom. The summed E-state index contributed by atoms with van der Waals surface area (Å²) in [6, 6.07) is 7.83. The molecule has 0 saturated carbocycles. The lowest BCUT2D eigenvalue weighted by molar-refractivity contribution is -0.143. The Balaban J connectivity index is 0.00000288. The zero-order valence-electron chi connectivity index (χ0n) is 13.2. The Kier molecular flexibility index (Phi) is 7.57. The first-order valence-corrected chi connectivity index (χ1v) is 7.64. The molecule has 1 aliphatic rings. The van der Waals surface area contributed by atoms with Gasteiger partial charge in [-0.25, -0.2) is 8.78 Å². The molecule has 0 bridgehead atoms. The third-order valence-electron chi connectivity index (χ3n) is 3.86. The molecule has 2 amide bonds. The summed E-state index contributed by atoms with van der Waals surface area (Å²) in [6.07, 6.45) is 1.95. The van der Waals surface area contributed by atoms with Crippen molar-refractivity contribution >= 4 is 24.2 Å². The first-order valence-electron chi connectivity index (χ1n) is 7.64. The molecular weight excluding hydrogens is 340 g/mol. The molecule has 1 atom stereocenters. The van der Waals surface area contributed by atoms with Crippen LogP contribution < -0.4 is 11.1 Å². The topological polar surface area (TPSA) is 75.4 Å². The minimum atomic E-state index is -3.16. The van der Waals surface area contributed by atoms with Gasteiger partial charge in [0.05, 0.1) is 13.1 Å². The number of alkyl halides is 2. The monoisotopic (exact) mass is 361 g/mol. The third kappa shape index (κ3) is 5.14. The number of likely N-dealkylation sites (tertiary alicyclic amines) is 1. The molecule has 0 aliphatic carbocycles. The van der Waals surface area contributed by atoms with Crippen molar-refractivity contribution < 1.29 is 18.4 Å². The van der Waals surface area contributed by atoms with E-state index in [2.05, 4.69) is 5.32 Å². The van der Waals surface area contributed by atoms with Crippen LogP contribution in [0.1, 0.15) is 30.9 Å². The van der Waals surface area contributed by atoms with Crippen LogP contribution in [0, 0.1) is 0 Å². The van der Waals surface area contributed by atoms with Crippen molar-refractivity contribution in [1.82, 2.24) is 10.2 Å². The number of amides is 2. The predicted octanol–water partition coefficient (Wildman–Crippen LogP) is 1.87. The van der Waals surface area contributed by atoms with E-state index in [9.17, 15) is 18.4 Å². The van der Waals surface area contributed by atoms with Crippen LogP contribution in [-0.2, 0) is 9.59 Å². The van der Waals surface area contributed by atoms with Crippen LogP contribution in [0.4, 0.5) is 8.78 Å². The highest BCUT2D eigenvalue weighted by Crippen LogP contribution is 2.26. The summed E-state index contributed by atoms with van der Waals surface area (Å²) in [5.74, 6) is -3.91. The number of carbonyl (C=O) groups excluding carboxylic acids is 2. The van der Waals surface area contributed by atoms with E-state index in [0.717, 1.165) is 12.8 Å². The molecule has 1 aromatic carbocycles. The van der Waals surface area contributed by atoms with Gasteiger partial charge in [0.15, 0.2) is 0 Å². The summed E-state index contributed by atoms with van der Waals surface area (Å²) >= 11 is 0. The van der Waals surface area contributed by atoms with Crippen LogP contribution in [0.25, 0.3) is 0 Å². The standard InChI is InChI=1S/C16H21F2N3O2.ClH/c17-16(18,10-19)11-20-15(23)14(12-6-2-1-3-7-12)21-9-5-4-8-13(21)22;/h1-3,6-7,14H,4-5,8-11,19H2,(H,20,23);1H. The van der Waals surface area contributed by atoms with Gasteiger partial charge in [0, 0.05) is 13.0 Å². The van der Waals surface area contributed by atoms with E-state index in [1.165, 1.54) is 4.90 Å². The van der Waals surface area contributed by atoms with E-state index in [4.69, 9.17) is 5.73 Å². The summed E-state index contributed by atoms with van der Waals surface area (Å²) in [6.45, 7) is -1.24. The van der Waals surface area contributed by atoms with Crippen LogP contribution in [0.2, 0.25) is 0 Å². The zero-order chi connectivity index (χ0) is 16.9. The zero-order valence-corrected chi connectivity index (χ0v) is 14.0. The van der Waals surface area contributed by atoms with Gasteiger partial charge in [-0.05, 0) is 18.4 Å². The molecule has 8 heteroatoms. The summed E-state index contributed by atoms with van der Waals surface area (Å²) in [5.41, 5.74) is 5.59. The highest BCUT2D eigenvalue weighted by atomic mass is 35.5. The van der Waals surface area contributed by atoms with Crippen LogP contribution in [0.3, 0.4) is 0 Å². The fourth-order valence-electron chi connectivity index (χ4n) is 2.59. The summed E-state index contributed by atoms with van der Waals surface area (Å²) in [7, 11) is 0. The van der Waals surface area contributed by atoms with Gasteiger partial charge < -0.3 is 16.0 Å². The van der Waals surface area contributed by atoms with Gasteiger partial charge in [0.25, 0.3) is 5.92 Å². The van der Waals surface area contributed by atoms with E-state index in [-0.39, 0.29) is 18.3 Å². The number of hydrogen-bond donors (Lipinski definition) is 2. The Bertz CT molecular complexity index is 558. The molecule has 1 aliphatic heterocycles. The van der Waals surface area contributed by atoms with E-state index in [0.29, 0.717) is 18.5 Å². The van der Waals surface area contributed by atoms with Gasteiger partial charge >= 0.3 is 0 Å². The molecule has 0 radical (unpaired) electrons. The van der Waals surface area contributed by atoms with Crippen molar-refractivity contribution in [1.29, 1.82) is 0 Å². The number of rotatable bonds is 6. The SMILES string of the molecule is Cl.NCC(F)(F)CNC(=O)C(c1ccccc1)N1CCCCC1=O. The molecule has 1 heterocycles. The van der Waals surface area contributed by atoms with Crippen LogP contribution in [0.5, 0.6) is 0 Å². The van der Waals surface area contributed by atoms with Crippen LogP contribution >= 0.6 is 12.4 Å². The van der Waals surface area contributed by atoms with Gasteiger partial charge in [-0.2, -0.15) is 0 Å². The highest BCUT2D eigenvalue weighted by molar-refractivity contribution is 5.89. The van der Waals surface area contributed by atoms with Gasteiger partial charge in [0.1, 0.15) is 6.04 Å². The molecule has 5 nitrogen and oxygen atoms in total. The lowest BCUT2D eigenvalue weighted by Gasteiger charge is -2.34. The lowest BCUT2D eigenvalue weighted by atomic mass is 10.0. The smallest absolute Gasteiger partial charge is 0.277 e. The maximum absolute atomic E-state index is 13.3. The minimum absolute atomic E-state index is 0. The number of halogens is 3. The van der Waals surface area contributed by atoms with Gasteiger partial charge in [0.2, 0.25) is 11.8 Å². The van der Waals surface area contributed by atoms with Crippen molar-refractivity contribution in [2.75, 3.05) is 19.6 Å². The van der Waals surface area contributed by atoms with Crippen LogP contribution in [0.15, 0.2) is 30.3 Å². The molecule has 3 N–H and O–H groups in total. The summed E-state index contributed by atoms with van der Waals surface area (Å²) in [5, 5.41) is 2.23. The van der Waals surface area contributed by atoms with Gasteiger partial charge in [-0.3, -0.25) is 9.59 Å². The molecule has 0 spiro atoms. The number of nitrogens with two attached hydrogens (primary N) is 1. The number of carbonyl (C=O) groups is 2. The Labute approximate surface area is 146 Å². The second-order valence-corrected chi connectivity index (χ2v) is 5.64.